The van der Waals surface area contributed by atoms with E-state index in [2.05, 4.69) is 4.98 Å². The Hall–Kier alpha value is -3.14. The lowest BCUT2D eigenvalue weighted by Gasteiger charge is -2.14. The van der Waals surface area contributed by atoms with Gasteiger partial charge in [-0.2, -0.15) is 4.98 Å². The molecule has 0 amide bonds. The third-order valence-corrected chi connectivity index (χ3v) is 7.39. The van der Waals surface area contributed by atoms with Crippen LogP contribution >= 0.6 is 0 Å². The summed E-state index contributed by atoms with van der Waals surface area (Å²) in [6.45, 7) is 0. The largest absolute Gasteiger partial charge is 0.332 e. The standard InChI is InChI=1S/C19H19N5O4S/c1-21-16-15(17(25)22(2)19(21)26)23-10-14(12-6-4-3-5-7-12)24(18(23)20-16)13-8-9-29(27,28)11-13/h3-7,10,13H,8-9,11H2,1-2H3/t13-/m0/s1. The molecule has 0 aliphatic carbocycles. The molecular weight excluding hydrogens is 394 g/mol. The van der Waals surface area contributed by atoms with Crippen LogP contribution in [-0.2, 0) is 23.9 Å². The van der Waals surface area contributed by atoms with E-state index in [9.17, 15) is 18.0 Å². The van der Waals surface area contributed by atoms with Gasteiger partial charge in [0.15, 0.2) is 21.0 Å². The Morgan fingerprint density at radius 3 is 2.45 bits per heavy atom. The molecule has 5 rings (SSSR count). The molecule has 1 aromatic carbocycles. The number of imidazole rings is 2. The quantitative estimate of drug-likeness (QED) is 0.482. The minimum atomic E-state index is -3.13. The minimum absolute atomic E-state index is 0.0251. The summed E-state index contributed by atoms with van der Waals surface area (Å²) in [5.74, 6) is 0.605. The molecule has 1 fully saturated rings. The van der Waals surface area contributed by atoms with Crippen LogP contribution in [0.4, 0.5) is 0 Å². The van der Waals surface area contributed by atoms with Gasteiger partial charge in [0.1, 0.15) is 0 Å². The van der Waals surface area contributed by atoms with Crippen LogP contribution in [0.1, 0.15) is 12.5 Å². The molecular formula is C19H19N5O4S. The van der Waals surface area contributed by atoms with Gasteiger partial charge in [-0.05, 0) is 12.0 Å². The number of hydrogen-bond donors (Lipinski definition) is 0. The van der Waals surface area contributed by atoms with Gasteiger partial charge >= 0.3 is 5.69 Å². The summed E-state index contributed by atoms with van der Waals surface area (Å²) < 4.78 is 30.3. The van der Waals surface area contributed by atoms with E-state index in [0.717, 1.165) is 15.8 Å². The number of benzene rings is 1. The summed E-state index contributed by atoms with van der Waals surface area (Å²) in [5, 5.41) is 0. The van der Waals surface area contributed by atoms with Crippen molar-refractivity contribution in [2.24, 2.45) is 14.1 Å². The number of sulfone groups is 1. The summed E-state index contributed by atoms with van der Waals surface area (Å²) in [6, 6.07) is 9.30. The van der Waals surface area contributed by atoms with Crippen molar-refractivity contribution < 1.29 is 8.42 Å². The number of fused-ring (bicyclic) bond motifs is 3. The second kappa shape index (κ2) is 5.93. The lowest BCUT2D eigenvalue weighted by atomic mass is 10.1. The number of hydrogen-bond acceptors (Lipinski definition) is 5. The predicted molar refractivity (Wildman–Crippen MR) is 109 cm³/mol. The van der Waals surface area contributed by atoms with Crippen LogP contribution in [0.5, 0.6) is 0 Å². The van der Waals surface area contributed by atoms with Crippen molar-refractivity contribution in [2.45, 2.75) is 12.5 Å². The van der Waals surface area contributed by atoms with Gasteiger partial charge in [0, 0.05) is 20.3 Å². The summed E-state index contributed by atoms with van der Waals surface area (Å²) in [7, 11) is -0.127. The molecule has 4 aromatic rings. The van der Waals surface area contributed by atoms with Gasteiger partial charge in [-0.3, -0.25) is 18.3 Å². The Labute approximate surface area is 165 Å². The van der Waals surface area contributed by atoms with Crippen LogP contribution in [0.25, 0.3) is 28.2 Å². The zero-order valence-electron chi connectivity index (χ0n) is 15.9. The van der Waals surface area contributed by atoms with E-state index < -0.39 is 21.1 Å². The Morgan fingerprint density at radius 1 is 1.07 bits per heavy atom. The zero-order valence-corrected chi connectivity index (χ0v) is 16.8. The Kier molecular flexibility index (Phi) is 3.66. The van der Waals surface area contributed by atoms with E-state index in [1.54, 1.807) is 17.6 Å². The average Bonchev–Trinajstić information content (AvgIpc) is 3.36. The first-order valence-electron chi connectivity index (χ1n) is 9.23. The van der Waals surface area contributed by atoms with Gasteiger partial charge in [-0.25, -0.2) is 13.2 Å². The smallest absolute Gasteiger partial charge is 0.305 e. The highest BCUT2D eigenvalue weighted by atomic mass is 32.2. The first-order valence-corrected chi connectivity index (χ1v) is 11.1. The Morgan fingerprint density at radius 2 is 1.79 bits per heavy atom. The summed E-state index contributed by atoms with van der Waals surface area (Å²) in [6.07, 6.45) is 2.28. The van der Waals surface area contributed by atoms with Crippen molar-refractivity contribution in [1.29, 1.82) is 0 Å². The van der Waals surface area contributed by atoms with Crippen molar-refractivity contribution in [3.63, 3.8) is 0 Å². The number of rotatable bonds is 2. The molecule has 4 heterocycles. The lowest BCUT2D eigenvalue weighted by molar-refractivity contribution is 0.571. The maximum atomic E-state index is 12.8. The van der Waals surface area contributed by atoms with Crippen LogP contribution in [0, 0.1) is 0 Å². The SMILES string of the molecule is Cn1c(=O)c2c(nc3n([C@H]4CCS(=O)(=O)C4)c(-c4ccccc4)cn23)n(C)c1=O. The molecule has 1 atom stereocenters. The molecule has 1 saturated heterocycles. The third-order valence-electron chi connectivity index (χ3n) is 5.64. The van der Waals surface area contributed by atoms with E-state index in [1.165, 1.54) is 11.6 Å². The van der Waals surface area contributed by atoms with Crippen LogP contribution in [0.3, 0.4) is 0 Å². The fraction of sp³-hybridized carbons (Fsp3) is 0.316. The zero-order chi connectivity index (χ0) is 20.5. The molecule has 0 N–H and O–H groups in total. The van der Waals surface area contributed by atoms with Gasteiger partial charge in [0.2, 0.25) is 5.78 Å². The molecule has 0 radical (unpaired) electrons. The van der Waals surface area contributed by atoms with Gasteiger partial charge in [-0.15, -0.1) is 0 Å². The molecule has 3 aromatic heterocycles. The van der Waals surface area contributed by atoms with E-state index >= 15 is 0 Å². The monoisotopic (exact) mass is 413 g/mol. The van der Waals surface area contributed by atoms with Gasteiger partial charge in [-0.1, -0.05) is 30.3 Å². The van der Waals surface area contributed by atoms with E-state index in [-0.39, 0.29) is 23.2 Å². The molecule has 1 aliphatic rings. The molecule has 0 unspecified atom stereocenters. The van der Waals surface area contributed by atoms with Crippen molar-refractivity contribution in [3.05, 3.63) is 57.4 Å². The molecule has 150 valence electrons. The first kappa shape index (κ1) is 17.9. The van der Waals surface area contributed by atoms with Crippen LogP contribution in [-0.4, -0.2) is 43.0 Å². The Balaban J connectivity index is 1.91. The van der Waals surface area contributed by atoms with Gasteiger partial charge in [0.25, 0.3) is 5.56 Å². The van der Waals surface area contributed by atoms with E-state index in [1.807, 2.05) is 34.9 Å². The molecule has 10 heteroatoms. The van der Waals surface area contributed by atoms with Crippen molar-refractivity contribution in [3.8, 4) is 11.3 Å². The van der Waals surface area contributed by atoms with Crippen LogP contribution in [0.15, 0.2) is 46.1 Å². The molecule has 9 nitrogen and oxygen atoms in total. The highest BCUT2D eigenvalue weighted by Gasteiger charge is 2.33. The van der Waals surface area contributed by atoms with E-state index in [0.29, 0.717) is 17.7 Å². The fourth-order valence-corrected chi connectivity index (χ4v) is 5.85. The number of nitrogens with zero attached hydrogens (tertiary/aromatic N) is 5. The van der Waals surface area contributed by atoms with E-state index in [4.69, 9.17) is 0 Å². The molecule has 1 aliphatic heterocycles. The molecule has 0 bridgehead atoms. The summed E-state index contributed by atoms with van der Waals surface area (Å²) in [5.41, 5.74) is 1.36. The molecule has 29 heavy (non-hydrogen) atoms. The minimum Gasteiger partial charge on any atom is -0.305 e. The second-order valence-corrected chi connectivity index (χ2v) is 9.70. The fourth-order valence-electron chi connectivity index (χ4n) is 4.15. The van der Waals surface area contributed by atoms with Crippen molar-refractivity contribution >= 4 is 26.8 Å². The first-order chi connectivity index (χ1) is 13.8. The highest BCUT2D eigenvalue weighted by Crippen LogP contribution is 2.33. The summed E-state index contributed by atoms with van der Waals surface area (Å²) >= 11 is 0. The molecule has 0 saturated carbocycles. The topological polar surface area (TPSA) is 100 Å². The third kappa shape index (κ3) is 2.52. The van der Waals surface area contributed by atoms with Gasteiger partial charge in [0.05, 0.1) is 23.2 Å². The second-order valence-electron chi connectivity index (χ2n) is 7.47. The molecule has 0 spiro atoms. The maximum Gasteiger partial charge on any atom is 0.332 e. The number of aromatic nitrogens is 5. The summed E-state index contributed by atoms with van der Waals surface area (Å²) in [4.78, 5) is 29.7. The maximum absolute atomic E-state index is 12.8. The van der Waals surface area contributed by atoms with Crippen LogP contribution in [0.2, 0.25) is 0 Å². The predicted octanol–water partition coefficient (Wildman–Crippen LogP) is 0.713. The Bertz CT molecular complexity index is 1510. The highest BCUT2D eigenvalue weighted by molar-refractivity contribution is 7.91. The lowest BCUT2D eigenvalue weighted by Crippen LogP contribution is -2.37. The van der Waals surface area contributed by atoms with Gasteiger partial charge < -0.3 is 4.57 Å². The normalized spacial score (nSPS) is 18.8. The van der Waals surface area contributed by atoms with Crippen molar-refractivity contribution in [1.82, 2.24) is 23.1 Å². The number of aryl methyl sites for hydroxylation is 1. The average molecular weight is 413 g/mol. The van der Waals surface area contributed by atoms with Crippen molar-refractivity contribution in [2.75, 3.05) is 11.5 Å². The van der Waals surface area contributed by atoms with Crippen LogP contribution < -0.4 is 11.2 Å².